The van der Waals surface area contributed by atoms with Gasteiger partial charge in [0.05, 0.1) is 32.7 Å². The molecule has 4 rings (SSSR count). The second kappa shape index (κ2) is 10.3. The van der Waals surface area contributed by atoms with Crippen molar-refractivity contribution in [2.24, 2.45) is 0 Å². The molecule has 1 aromatic carbocycles. The molecular weight excluding hydrogens is 505 g/mol. The molecule has 190 valence electrons. The van der Waals surface area contributed by atoms with Crippen molar-refractivity contribution in [3.8, 4) is 34.6 Å². The van der Waals surface area contributed by atoms with Gasteiger partial charge in [-0.1, -0.05) is 12.1 Å². The zero-order valence-electron chi connectivity index (χ0n) is 18.8. The van der Waals surface area contributed by atoms with Gasteiger partial charge in [-0.15, -0.1) is 0 Å². The number of thiol groups is 1. The summed E-state index contributed by atoms with van der Waals surface area (Å²) in [6, 6.07) is 9.34. The Morgan fingerprint density at radius 1 is 1.00 bits per heavy atom. The Morgan fingerprint density at radius 2 is 1.69 bits per heavy atom. The van der Waals surface area contributed by atoms with E-state index in [2.05, 4.69) is 24.7 Å². The fourth-order valence-corrected chi connectivity index (χ4v) is 3.62. The average Bonchev–Trinajstić information content (AvgIpc) is 3.23. The number of nitrogens with one attached hydrogen (secondary N) is 1. The molecule has 0 unspecified atom stereocenters. The number of aromatic nitrogens is 5. The van der Waals surface area contributed by atoms with Gasteiger partial charge in [-0.25, -0.2) is 33.1 Å². The van der Waals surface area contributed by atoms with Gasteiger partial charge in [0, 0.05) is 6.07 Å². The third kappa shape index (κ3) is 5.46. The fourth-order valence-electron chi connectivity index (χ4n) is 3.33. The second-order valence-corrected chi connectivity index (χ2v) is 7.98. The quantitative estimate of drug-likeness (QED) is 0.317. The maximum absolute atomic E-state index is 12.7. The Morgan fingerprint density at radius 3 is 2.33 bits per heavy atom. The molecule has 15 heteroatoms. The van der Waals surface area contributed by atoms with Crippen molar-refractivity contribution in [3.05, 3.63) is 48.3 Å². The highest BCUT2D eigenvalue weighted by Gasteiger charge is 2.29. The molecule has 0 atom stereocenters. The highest BCUT2D eigenvalue weighted by molar-refractivity contribution is 7.70. The van der Waals surface area contributed by atoms with Crippen molar-refractivity contribution in [2.75, 3.05) is 20.8 Å². The van der Waals surface area contributed by atoms with Gasteiger partial charge in [0.25, 0.3) is 0 Å². The largest absolute Gasteiger partial charge is 0.494 e. The van der Waals surface area contributed by atoms with E-state index in [1.807, 2.05) is 0 Å². The van der Waals surface area contributed by atoms with Gasteiger partial charge < -0.3 is 14.2 Å². The van der Waals surface area contributed by atoms with Crippen molar-refractivity contribution < 1.29 is 35.8 Å². The fraction of sp³-hybridized carbons (Fsp3) is 0.238. The summed E-state index contributed by atoms with van der Waals surface area (Å²) in [7, 11) is 0.0368. The SMILES string of the molecule is COc1cccc(OC)c1-n1c(-c2cccc(OCC(F)(F)F)n2)nc2ncc(CN[SH](=O)=O)nc21. The van der Waals surface area contributed by atoms with Crippen molar-refractivity contribution in [2.45, 2.75) is 12.7 Å². The Kier molecular flexibility index (Phi) is 7.21. The monoisotopic (exact) mass is 524 g/mol. The summed E-state index contributed by atoms with van der Waals surface area (Å²) in [6.45, 7) is -1.63. The molecule has 0 aliphatic rings. The van der Waals surface area contributed by atoms with Crippen molar-refractivity contribution in [3.63, 3.8) is 0 Å². The van der Waals surface area contributed by atoms with E-state index in [0.717, 1.165) is 0 Å². The van der Waals surface area contributed by atoms with Crippen LogP contribution in [0.5, 0.6) is 17.4 Å². The Labute approximate surface area is 204 Å². The number of hydrogen-bond donors (Lipinski definition) is 2. The highest BCUT2D eigenvalue weighted by atomic mass is 32.2. The number of pyridine rings is 1. The van der Waals surface area contributed by atoms with Crippen LogP contribution in [0.2, 0.25) is 0 Å². The first-order valence-corrected chi connectivity index (χ1v) is 11.4. The first-order valence-electron chi connectivity index (χ1n) is 10.2. The van der Waals surface area contributed by atoms with E-state index in [1.54, 1.807) is 18.2 Å². The molecule has 36 heavy (non-hydrogen) atoms. The summed E-state index contributed by atoms with van der Waals surface area (Å²) >= 11 is 0. The number of benzene rings is 1. The molecule has 4 aromatic rings. The van der Waals surface area contributed by atoms with E-state index < -0.39 is 23.7 Å². The molecule has 3 heterocycles. The third-order valence-electron chi connectivity index (χ3n) is 4.77. The summed E-state index contributed by atoms with van der Waals surface area (Å²) in [5.41, 5.74) is 1.19. The van der Waals surface area contributed by atoms with Gasteiger partial charge in [0.2, 0.25) is 16.8 Å². The number of alkyl halides is 3. The predicted octanol–water partition coefficient (Wildman–Crippen LogP) is 2.45. The van der Waals surface area contributed by atoms with Crippen molar-refractivity contribution >= 4 is 22.2 Å². The van der Waals surface area contributed by atoms with Gasteiger partial charge in [0.1, 0.15) is 22.9 Å². The van der Waals surface area contributed by atoms with Crippen LogP contribution in [-0.2, 0) is 17.4 Å². The minimum atomic E-state index is -4.54. The lowest BCUT2D eigenvalue weighted by Gasteiger charge is -2.16. The van der Waals surface area contributed by atoms with Crippen LogP contribution in [0.15, 0.2) is 42.6 Å². The van der Waals surface area contributed by atoms with Gasteiger partial charge in [-0.3, -0.25) is 4.57 Å². The second-order valence-electron chi connectivity index (χ2n) is 7.15. The molecule has 1 N–H and O–H groups in total. The zero-order valence-corrected chi connectivity index (χ0v) is 19.7. The Bertz CT molecular complexity index is 1440. The lowest BCUT2D eigenvalue weighted by Crippen LogP contribution is -2.19. The van der Waals surface area contributed by atoms with E-state index in [0.29, 0.717) is 22.9 Å². The van der Waals surface area contributed by atoms with Crippen LogP contribution in [0.3, 0.4) is 0 Å². The Hall–Kier alpha value is -3.98. The summed E-state index contributed by atoms with van der Waals surface area (Å²) in [5.74, 6) is 0.630. The van der Waals surface area contributed by atoms with E-state index in [9.17, 15) is 21.6 Å². The molecule has 0 aliphatic heterocycles. The minimum Gasteiger partial charge on any atom is -0.494 e. The lowest BCUT2D eigenvalue weighted by atomic mass is 10.2. The van der Waals surface area contributed by atoms with Crippen molar-refractivity contribution in [1.82, 2.24) is 29.2 Å². The average molecular weight is 524 g/mol. The summed E-state index contributed by atoms with van der Waals surface area (Å²) in [4.78, 5) is 17.5. The number of para-hydroxylation sites is 1. The van der Waals surface area contributed by atoms with Crippen LogP contribution in [0.1, 0.15) is 5.69 Å². The molecule has 0 aliphatic carbocycles. The molecule has 3 aromatic heterocycles. The molecular formula is C21H19F3N6O5S. The van der Waals surface area contributed by atoms with Crippen LogP contribution in [-0.4, -0.2) is 59.9 Å². The molecule has 0 fully saturated rings. The van der Waals surface area contributed by atoms with E-state index in [4.69, 9.17) is 14.2 Å². The van der Waals surface area contributed by atoms with Crippen molar-refractivity contribution in [1.29, 1.82) is 0 Å². The molecule has 0 saturated heterocycles. The molecule has 0 bridgehead atoms. The van der Waals surface area contributed by atoms with Crippen LogP contribution >= 0.6 is 0 Å². The summed E-state index contributed by atoms with van der Waals surface area (Å²) < 4.78 is 79.5. The molecule has 0 saturated carbocycles. The third-order valence-corrected chi connectivity index (χ3v) is 5.19. The zero-order chi connectivity index (χ0) is 25.9. The number of fused-ring (bicyclic) bond motifs is 1. The first-order chi connectivity index (χ1) is 17.2. The van der Waals surface area contributed by atoms with Crippen LogP contribution < -0.4 is 18.9 Å². The number of ether oxygens (including phenoxy) is 3. The number of methoxy groups -OCH3 is 2. The topological polar surface area (TPSA) is 130 Å². The molecule has 11 nitrogen and oxygen atoms in total. The number of nitrogens with zero attached hydrogens (tertiary/aromatic N) is 5. The first kappa shape index (κ1) is 25.1. The maximum atomic E-state index is 12.7. The van der Waals surface area contributed by atoms with Gasteiger partial charge in [0.15, 0.2) is 23.7 Å². The van der Waals surface area contributed by atoms with Gasteiger partial charge >= 0.3 is 6.18 Å². The number of rotatable bonds is 9. The molecule has 0 spiro atoms. The maximum Gasteiger partial charge on any atom is 0.422 e. The van der Waals surface area contributed by atoms with E-state index in [-0.39, 0.29) is 35.2 Å². The smallest absolute Gasteiger partial charge is 0.422 e. The van der Waals surface area contributed by atoms with Crippen LogP contribution in [0.4, 0.5) is 13.2 Å². The number of halogens is 3. The van der Waals surface area contributed by atoms with Crippen LogP contribution in [0, 0.1) is 0 Å². The van der Waals surface area contributed by atoms with Crippen LogP contribution in [0.25, 0.3) is 28.5 Å². The number of imidazole rings is 1. The summed E-state index contributed by atoms with van der Waals surface area (Å²) in [6.07, 6.45) is -3.19. The molecule has 0 amide bonds. The normalized spacial score (nSPS) is 11.7. The summed E-state index contributed by atoms with van der Waals surface area (Å²) in [5, 5.41) is 0. The van der Waals surface area contributed by atoms with E-state index >= 15 is 0 Å². The lowest BCUT2D eigenvalue weighted by molar-refractivity contribution is -0.154. The molecule has 0 radical (unpaired) electrons. The van der Waals surface area contributed by atoms with Gasteiger partial charge in [-0.05, 0) is 18.2 Å². The minimum absolute atomic E-state index is 0.121. The highest BCUT2D eigenvalue weighted by Crippen LogP contribution is 2.37. The number of hydrogen-bond acceptors (Lipinski definition) is 9. The van der Waals surface area contributed by atoms with Gasteiger partial charge in [-0.2, -0.15) is 13.2 Å². The van der Waals surface area contributed by atoms with E-state index in [1.165, 1.54) is 43.2 Å². The standard InChI is InChI=1S/C21H19F3N6O5S/c1-33-14-6-4-7-15(34-2)17(14)30-19(13-5-3-8-16(28-13)35-11-21(22,23)24)29-18-20(30)27-12(9-25-18)10-26-36(31)32/h3-9,36H,10-11H2,1-2H3,(H,26,31,32). The predicted molar refractivity (Wildman–Crippen MR) is 122 cm³/mol. The Balaban J connectivity index is 1.94.